The molecule has 0 unspecified atom stereocenters. The second kappa shape index (κ2) is 10.1. The summed E-state index contributed by atoms with van der Waals surface area (Å²) in [5.74, 6) is -0.340. The molecule has 0 saturated heterocycles. The highest BCUT2D eigenvalue weighted by molar-refractivity contribution is 5.92. The highest BCUT2D eigenvalue weighted by Gasteiger charge is 2.32. The van der Waals surface area contributed by atoms with Gasteiger partial charge in [-0.2, -0.15) is 0 Å². The van der Waals surface area contributed by atoms with E-state index >= 15 is 0 Å². The van der Waals surface area contributed by atoms with Crippen LogP contribution in [0.4, 0.5) is 0 Å². The van der Waals surface area contributed by atoms with Gasteiger partial charge in [-0.3, -0.25) is 10.2 Å². The van der Waals surface area contributed by atoms with Gasteiger partial charge in [0.2, 0.25) is 0 Å². The number of aromatic nitrogens is 1. The lowest BCUT2D eigenvalue weighted by atomic mass is 10.0. The van der Waals surface area contributed by atoms with Crippen LogP contribution in [0.3, 0.4) is 0 Å². The molecule has 2 heterocycles. The minimum absolute atomic E-state index is 0.232. The van der Waals surface area contributed by atoms with Crippen LogP contribution >= 0.6 is 0 Å². The molecule has 182 valence electrons. The van der Waals surface area contributed by atoms with Crippen molar-refractivity contribution >= 4 is 17.6 Å². The topological polar surface area (TPSA) is 104 Å². The van der Waals surface area contributed by atoms with Crippen molar-refractivity contribution in [2.75, 3.05) is 13.7 Å². The van der Waals surface area contributed by atoms with E-state index in [0.29, 0.717) is 22.6 Å². The van der Waals surface area contributed by atoms with Gasteiger partial charge in [-0.1, -0.05) is 42.5 Å². The molecule has 8 heteroatoms. The van der Waals surface area contributed by atoms with Crippen molar-refractivity contribution in [2.24, 2.45) is 0 Å². The summed E-state index contributed by atoms with van der Waals surface area (Å²) >= 11 is 0. The van der Waals surface area contributed by atoms with Crippen molar-refractivity contribution in [1.82, 2.24) is 15.4 Å². The Morgan fingerprint density at radius 3 is 2.37 bits per heavy atom. The number of methoxy groups -OCH3 is 1. The fourth-order valence-electron chi connectivity index (χ4n) is 4.38. The van der Waals surface area contributed by atoms with Crippen LogP contribution in [-0.2, 0) is 9.53 Å². The summed E-state index contributed by atoms with van der Waals surface area (Å²) in [4.78, 5) is 28.9. The van der Waals surface area contributed by atoms with Crippen molar-refractivity contribution in [2.45, 2.75) is 32.9 Å². The second-order valence-corrected chi connectivity index (χ2v) is 8.46. The number of ether oxygens (including phenoxy) is 2. The van der Waals surface area contributed by atoms with Gasteiger partial charge in [0.25, 0.3) is 5.91 Å². The number of esters is 1. The third kappa shape index (κ3) is 4.93. The van der Waals surface area contributed by atoms with Gasteiger partial charge in [-0.05, 0) is 55.7 Å². The highest BCUT2D eigenvalue weighted by Crippen LogP contribution is 2.32. The van der Waals surface area contributed by atoms with E-state index in [0.717, 1.165) is 16.8 Å². The first kappa shape index (κ1) is 24.1. The van der Waals surface area contributed by atoms with E-state index in [1.54, 1.807) is 27.9 Å². The first-order valence-electron chi connectivity index (χ1n) is 11.3. The van der Waals surface area contributed by atoms with Gasteiger partial charge >= 0.3 is 5.97 Å². The molecule has 3 N–H and O–H groups in total. The van der Waals surface area contributed by atoms with Crippen molar-refractivity contribution in [3.63, 3.8) is 0 Å². The maximum Gasteiger partial charge on any atom is 0.355 e. The number of aliphatic hydroxyl groups is 1. The molecule has 35 heavy (non-hydrogen) atoms. The maximum atomic E-state index is 13.2. The van der Waals surface area contributed by atoms with Crippen LogP contribution in [0.15, 0.2) is 60.7 Å². The van der Waals surface area contributed by atoms with Crippen LogP contribution < -0.4 is 10.2 Å². The predicted octanol–water partition coefficient (Wildman–Crippen LogP) is 3.98. The number of hydrogen-bond donors (Lipinski definition) is 3. The Morgan fingerprint density at radius 1 is 1.09 bits per heavy atom. The number of carbonyl (C=O) groups is 2. The molecule has 2 aromatic carbocycles. The first-order valence-corrected chi connectivity index (χ1v) is 11.3. The summed E-state index contributed by atoms with van der Waals surface area (Å²) in [5, 5.41) is 11.4. The zero-order valence-electron chi connectivity index (χ0n) is 20.2. The number of aromatic amines is 1. The molecule has 8 nitrogen and oxygen atoms in total. The number of benzene rings is 2. The van der Waals surface area contributed by atoms with Crippen LogP contribution in [0, 0.1) is 13.8 Å². The van der Waals surface area contributed by atoms with Gasteiger partial charge in [0.05, 0.1) is 25.0 Å². The van der Waals surface area contributed by atoms with Crippen molar-refractivity contribution in [1.29, 1.82) is 0 Å². The number of rotatable bonds is 7. The number of amides is 1. The largest absolute Gasteiger partial charge is 0.497 e. The lowest BCUT2D eigenvalue weighted by molar-refractivity contribution is -0.137. The van der Waals surface area contributed by atoms with Crippen LogP contribution in [-0.4, -0.2) is 40.7 Å². The van der Waals surface area contributed by atoms with E-state index in [9.17, 15) is 14.7 Å². The first-order chi connectivity index (χ1) is 16.8. The van der Waals surface area contributed by atoms with E-state index in [4.69, 9.17) is 9.47 Å². The Hall–Kier alpha value is -4.04. The number of nitrogens with one attached hydrogen (secondary N) is 2. The summed E-state index contributed by atoms with van der Waals surface area (Å²) in [6.45, 7) is 4.70. The average Bonchev–Trinajstić information content (AvgIpc) is 3.44. The lowest BCUT2D eigenvalue weighted by Gasteiger charge is -2.25. The predicted molar refractivity (Wildman–Crippen MR) is 131 cm³/mol. The standard InChI is InChI=1S/C27H29N3O5/c1-16-25(18(3)31)17(2)28-26(16)27(33)35-15-24(32)30-23(20-10-12-21(34-4)13-11-20)14-22(29-30)19-8-6-5-7-9-19/h5-14,18,23,28-29,31H,15H2,1-4H3/t18-,23-/m1/s1. The Labute approximate surface area is 204 Å². The molecule has 1 aromatic heterocycles. The molecule has 4 rings (SSSR count). The van der Waals surface area contributed by atoms with E-state index in [1.165, 1.54) is 5.01 Å². The molecule has 1 aliphatic heterocycles. The molecule has 0 fully saturated rings. The number of carbonyl (C=O) groups excluding carboxylic acids is 2. The second-order valence-electron chi connectivity index (χ2n) is 8.46. The van der Waals surface area contributed by atoms with E-state index in [2.05, 4.69) is 10.4 Å². The number of hydrogen-bond acceptors (Lipinski definition) is 6. The third-order valence-corrected chi connectivity index (χ3v) is 6.10. The molecular weight excluding hydrogens is 446 g/mol. The van der Waals surface area contributed by atoms with Crippen molar-refractivity contribution in [3.8, 4) is 5.75 Å². The summed E-state index contributed by atoms with van der Waals surface area (Å²) in [5.41, 5.74) is 7.94. The summed E-state index contributed by atoms with van der Waals surface area (Å²) in [6.07, 6.45) is 1.24. The van der Waals surface area contributed by atoms with Gasteiger partial charge in [-0.25, -0.2) is 9.80 Å². The molecule has 0 bridgehead atoms. The summed E-state index contributed by atoms with van der Waals surface area (Å²) in [6, 6.07) is 16.7. The van der Waals surface area contributed by atoms with Crippen molar-refractivity contribution in [3.05, 3.63) is 94.3 Å². The zero-order valence-corrected chi connectivity index (χ0v) is 20.2. The van der Waals surface area contributed by atoms with Gasteiger partial charge < -0.3 is 19.6 Å². The van der Waals surface area contributed by atoms with Gasteiger partial charge in [-0.15, -0.1) is 0 Å². The van der Waals surface area contributed by atoms with Crippen LogP contribution in [0.1, 0.15) is 57.5 Å². The normalized spacial score (nSPS) is 15.9. The number of hydrazine groups is 1. The van der Waals surface area contributed by atoms with E-state index in [1.807, 2.05) is 60.7 Å². The molecule has 0 radical (unpaired) electrons. The number of aliphatic hydroxyl groups excluding tert-OH is 1. The highest BCUT2D eigenvalue weighted by atomic mass is 16.5. The number of nitrogens with zero attached hydrogens (tertiary/aromatic N) is 1. The van der Waals surface area contributed by atoms with E-state index in [-0.39, 0.29) is 5.69 Å². The zero-order chi connectivity index (χ0) is 25.1. The molecule has 3 aromatic rings. The minimum atomic E-state index is -0.726. The Bertz CT molecular complexity index is 1250. The SMILES string of the molecule is COc1ccc([C@H]2C=C(c3ccccc3)NN2C(=O)COC(=O)c2[nH]c(C)c([C@@H](C)O)c2C)cc1. The fraction of sp³-hybridized carbons (Fsp3) is 0.259. The van der Waals surface area contributed by atoms with Crippen LogP contribution in [0.25, 0.3) is 5.70 Å². The van der Waals surface area contributed by atoms with Crippen LogP contribution in [0.2, 0.25) is 0 Å². The quantitative estimate of drug-likeness (QED) is 0.447. The van der Waals surface area contributed by atoms with Gasteiger partial charge in [0, 0.05) is 11.3 Å². The molecule has 0 saturated carbocycles. The molecule has 2 atom stereocenters. The lowest BCUT2D eigenvalue weighted by Crippen LogP contribution is -2.42. The smallest absolute Gasteiger partial charge is 0.355 e. The third-order valence-electron chi connectivity index (χ3n) is 6.10. The Morgan fingerprint density at radius 2 is 1.77 bits per heavy atom. The number of H-pyrrole nitrogens is 1. The molecular formula is C27H29N3O5. The van der Waals surface area contributed by atoms with Gasteiger partial charge in [0.15, 0.2) is 6.61 Å². The summed E-state index contributed by atoms with van der Waals surface area (Å²) in [7, 11) is 1.60. The monoisotopic (exact) mass is 475 g/mol. The number of aryl methyl sites for hydroxylation is 1. The molecule has 0 aliphatic carbocycles. The van der Waals surface area contributed by atoms with Crippen molar-refractivity contribution < 1.29 is 24.2 Å². The maximum absolute atomic E-state index is 13.2. The van der Waals surface area contributed by atoms with Gasteiger partial charge in [0.1, 0.15) is 11.4 Å². The average molecular weight is 476 g/mol. The Balaban J connectivity index is 1.53. The minimum Gasteiger partial charge on any atom is -0.497 e. The summed E-state index contributed by atoms with van der Waals surface area (Å²) < 4.78 is 10.6. The molecule has 0 spiro atoms. The Kier molecular flexibility index (Phi) is 6.93. The molecule has 1 aliphatic rings. The fourth-order valence-corrected chi connectivity index (χ4v) is 4.38. The molecule has 1 amide bonds. The van der Waals surface area contributed by atoms with E-state index < -0.39 is 30.6 Å². The van der Waals surface area contributed by atoms with Crippen LogP contribution in [0.5, 0.6) is 5.75 Å².